The lowest BCUT2D eigenvalue weighted by Crippen LogP contribution is -1.94. The molecule has 0 spiro atoms. The van der Waals surface area contributed by atoms with Crippen LogP contribution in [0.5, 0.6) is 0 Å². The first-order valence-electron chi connectivity index (χ1n) is 4.60. The van der Waals surface area contributed by atoms with Gasteiger partial charge in [0.15, 0.2) is 5.88 Å². The summed E-state index contributed by atoms with van der Waals surface area (Å²) >= 11 is 0. The Kier molecular flexibility index (Phi) is 2.69. The van der Waals surface area contributed by atoms with Gasteiger partial charge in [-0.05, 0) is 18.2 Å². The summed E-state index contributed by atoms with van der Waals surface area (Å²) in [7, 11) is 0. The number of halogens is 1. The summed E-state index contributed by atoms with van der Waals surface area (Å²) in [4.78, 5) is 0. The molecule has 0 aliphatic carbocycles. The molecule has 0 amide bonds. The van der Waals surface area contributed by atoms with Crippen LogP contribution in [-0.2, 0) is 6.54 Å². The maximum absolute atomic E-state index is 13.2. The lowest BCUT2D eigenvalue weighted by atomic mass is 10.3. The summed E-state index contributed by atoms with van der Waals surface area (Å²) in [5.41, 5.74) is 5.78. The number of benzene rings is 1. The van der Waals surface area contributed by atoms with Crippen LogP contribution < -0.4 is 11.1 Å². The van der Waals surface area contributed by atoms with E-state index in [-0.39, 0.29) is 5.82 Å². The number of furan rings is 1. The number of anilines is 2. The highest BCUT2D eigenvalue weighted by Crippen LogP contribution is 2.21. The maximum atomic E-state index is 13.2. The van der Waals surface area contributed by atoms with Crippen molar-refractivity contribution in [2.24, 2.45) is 5.73 Å². The van der Waals surface area contributed by atoms with Gasteiger partial charge in [0.1, 0.15) is 11.6 Å². The van der Waals surface area contributed by atoms with E-state index in [4.69, 9.17) is 10.2 Å². The van der Waals surface area contributed by atoms with Gasteiger partial charge in [0.05, 0.1) is 12.2 Å². The van der Waals surface area contributed by atoms with Crippen LogP contribution >= 0.6 is 0 Å². The molecule has 0 atom stereocenters. The lowest BCUT2D eigenvalue weighted by molar-refractivity contribution is 0.527. The summed E-state index contributed by atoms with van der Waals surface area (Å²) in [6.45, 7) is 0.332. The zero-order valence-corrected chi connectivity index (χ0v) is 8.03. The van der Waals surface area contributed by atoms with Crippen LogP contribution in [0.2, 0.25) is 0 Å². The van der Waals surface area contributed by atoms with E-state index in [1.54, 1.807) is 30.3 Å². The summed E-state index contributed by atoms with van der Waals surface area (Å²) in [6.07, 6.45) is 0. The van der Waals surface area contributed by atoms with Crippen LogP contribution in [0.1, 0.15) is 5.76 Å². The molecule has 1 aromatic heterocycles. The molecular weight excluding hydrogens is 195 g/mol. The third-order valence-corrected chi connectivity index (χ3v) is 1.99. The molecule has 4 heteroatoms. The Labute approximate surface area is 86.7 Å². The Morgan fingerprint density at radius 3 is 2.67 bits per heavy atom. The third kappa shape index (κ3) is 2.16. The molecule has 3 N–H and O–H groups in total. The first-order chi connectivity index (χ1) is 7.29. The highest BCUT2D eigenvalue weighted by Gasteiger charge is 2.03. The monoisotopic (exact) mass is 206 g/mol. The van der Waals surface area contributed by atoms with Gasteiger partial charge in [-0.1, -0.05) is 12.1 Å². The number of para-hydroxylation sites is 1. The molecule has 0 radical (unpaired) electrons. The fourth-order valence-corrected chi connectivity index (χ4v) is 1.25. The summed E-state index contributed by atoms with van der Waals surface area (Å²) in [5.74, 6) is 0.831. The SMILES string of the molecule is NCc1ccc(Nc2ccccc2F)o1. The highest BCUT2D eigenvalue weighted by atomic mass is 19.1. The molecule has 2 aromatic rings. The zero-order chi connectivity index (χ0) is 10.7. The average molecular weight is 206 g/mol. The van der Waals surface area contributed by atoms with Crippen molar-refractivity contribution in [3.8, 4) is 0 Å². The minimum atomic E-state index is -0.316. The molecule has 0 bridgehead atoms. The Morgan fingerprint density at radius 1 is 1.20 bits per heavy atom. The molecule has 78 valence electrons. The van der Waals surface area contributed by atoms with Crippen LogP contribution in [0.3, 0.4) is 0 Å². The van der Waals surface area contributed by atoms with Crippen molar-refractivity contribution in [1.29, 1.82) is 0 Å². The van der Waals surface area contributed by atoms with E-state index in [9.17, 15) is 4.39 Å². The summed E-state index contributed by atoms with van der Waals surface area (Å²) < 4.78 is 18.5. The van der Waals surface area contributed by atoms with Crippen molar-refractivity contribution in [2.75, 3.05) is 5.32 Å². The molecule has 0 unspecified atom stereocenters. The fourth-order valence-electron chi connectivity index (χ4n) is 1.25. The molecule has 0 fully saturated rings. The number of hydrogen-bond donors (Lipinski definition) is 2. The van der Waals surface area contributed by atoms with Crippen molar-refractivity contribution in [2.45, 2.75) is 6.54 Å². The van der Waals surface area contributed by atoms with Gasteiger partial charge in [-0.2, -0.15) is 0 Å². The first kappa shape index (κ1) is 9.73. The van der Waals surface area contributed by atoms with Crippen molar-refractivity contribution >= 4 is 11.6 Å². The molecule has 0 aliphatic rings. The van der Waals surface area contributed by atoms with E-state index in [1.807, 2.05) is 0 Å². The molecule has 0 aliphatic heterocycles. The summed E-state index contributed by atoms with van der Waals surface area (Å²) in [6, 6.07) is 9.87. The lowest BCUT2D eigenvalue weighted by Gasteiger charge is -2.03. The Bertz CT molecular complexity index is 453. The van der Waals surface area contributed by atoms with E-state index in [1.165, 1.54) is 6.07 Å². The van der Waals surface area contributed by atoms with Gasteiger partial charge in [0.25, 0.3) is 0 Å². The maximum Gasteiger partial charge on any atom is 0.197 e. The number of hydrogen-bond acceptors (Lipinski definition) is 3. The third-order valence-electron chi connectivity index (χ3n) is 1.99. The predicted octanol–water partition coefficient (Wildman–Crippen LogP) is 2.62. The zero-order valence-electron chi connectivity index (χ0n) is 8.03. The van der Waals surface area contributed by atoms with Crippen molar-refractivity contribution in [1.82, 2.24) is 0 Å². The molecule has 1 heterocycles. The quantitative estimate of drug-likeness (QED) is 0.811. The number of rotatable bonds is 3. The van der Waals surface area contributed by atoms with Gasteiger partial charge >= 0.3 is 0 Å². The van der Waals surface area contributed by atoms with Crippen LogP contribution in [0.4, 0.5) is 16.0 Å². The van der Waals surface area contributed by atoms with Crippen molar-refractivity contribution in [3.05, 3.63) is 48.0 Å². The average Bonchev–Trinajstić information content (AvgIpc) is 2.69. The van der Waals surface area contributed by atoms with Gasteiger partial charge in [-0.25, -0.2) is 4.39 Å². The van der Waals surface area contributed by atoms with Gasteiger partial charge < -0.3 is 15.5 Å². The molecule has 1 aromatic carbocycles. The highest BCUT2D eigenvalue weighted by molar-refractivity contribution is 5.55. The van der Waals surface area contributed by atoms with E-state index < -0.39 is 0 Å². The second-order valence-corrected chi connectivity index (χ2v) is 3.07. The minimum Gasteiger partial charge on any atom is -0.444 e. The van der Waals surface area contributed by atoms with Gasteiger partial charge in [0.2, 0.25) is 0 Å². The fraction of sp³-hybridized carbons (Fsp3) is 0.0909. The Hall–Kier alpha value is -1.81. The largest absolute Gasteiger partial charge is 0.444 e. The standard InChI is InChI=1S/C11H11FN2O/c12-9-3-1-2-4-10(9)14-11-6-5-8(7-13)15-11/h1-6,14H,7,13H2. The smallest absolute Gasteiger partial charge is 0.197 e. The second-order valence-electron chi connectivity index (χ2n) is 3.07. The van der Waals surface area contributed by atoms with Crippen LogP contribution in [0.15, 0.2) is 40.8 Å². The van der Waals surface area contributed by atoms with E-state index in [2.05, 4.69) is 5.32 Å². The molecule has 3 nitrogen and oxygen atoms in total. The van der Waals surface area contributed by atoms with Crippen LogP contribution in [-0.4, -0.2) is 0 Å². The molecular formula is C11H11FN2O. The van der Waals surface area contributed by atoms with E-state index in [0.717, 1.165) is 0 Å². The number of nitrogens with two attached hydrogens (primary N) is 1. The number of nitrogens with one attached hydrogen (secondary N) is 1. The van der Waals surface area contributed by atoms with E-state index >= 15 is 0 Å². The van der Waals surface area contributed by atoms with Gasteiger partial charge in [0, 0.05) is 6.07 Å². The normalized spacial score (nSPS) is 10.3. The molecule has 0 saturated heterocycles. The van der Waals surface area contributed by atoms with Crippen LogP contribution in [0.25, 0.3) is 0 Å². The molecule has 15 heavy (non-hydrogen) atoms. The minimum absolute atomic E-state index is 0.316. The second kappa shape index (κ2) is 4.14. The van der Waals surface area contributed by atoms with Crippen molar-refractivity contribution in [3.63, 3.8) is 0 Å². The Morgan fingerprint density at radius 2 is 2.00 bits per heavy atom. The summed E-state index contributed by atoms with van der Waals surface area (Å²) in [5, 5.41) is 2.83. The first-order valence-corrected chi connectivity index (χ1v) is 4.60. The molecule has 0 saturated carbocycles. The Balaban J connectivity index is 2.18. The van der Waals surface area contributed by atoms with Gasteiger partial charge in [-0.3, -0.25) is 0 Å². The van der Waals surface area contributed by atoms with Crippen LogP contribution in [0, 0.1) is 5.82 Å². The van der Waals surface area contributed by atoms with E-state index in [0.29, 0.717) is 23.9 Å². The topological polar surface area (TPSA) is 51.2 Å². The predicted molar refractivity (Wildman–Crippen MR) is 56.3 cm³/mol. The van der Waals surface area contributed by atoms with Crippen molar-refractivity contribution < 1.29 is 8.81 Å². The van der Waals surface area contributed by atoms with Gasteiger partial charge in [-0.15, -0.1) is 0 Å². The molecule has 2 rings (SSSR count).